The van der Waals surface area contributed by atoms with Crippen LogP contribution in [0.25, 0.3) is 6.08 Å². The lowest BCUT2D eigenvalue weighted by molar-refractivity contribution is 0.0734. The maximum Gasteiger partial charge on any atom is 0.343 e. The van der Waals surface area contributed by atoms with Crippen molar-refractivity contribution in [3.05, 3.63) is 99.5 Å². The molecule has 1 heterocycles. The van der Waals surface area contributed by atoms with Crippen LogP contribution in [0, 0.1) is 12.7 Å². The average Bonchev–Trinajstić information content (AvgIpc) is 2.99. The van der Waals surface area contributed by atoms with Gasteiger partial charge in [-0.1, -0.05) is 29.8 Å². The molecule has 0 fully saturated rings. The number of allylic oxidation sites excluding steroid dienone is 1. The van der Waals surface area contributed by atoms with Crippen LogP contribution in [0.3, 0.4) is 0 Å². The summed E-state index contributed by atoms with van der Waals surface area (Å²) in [5, 5.41) is 0.425. The highest BCUT2D eigenvalue weighted by atomic mass is 35.5. The number of esters is 1. The van der Waals surface area contributed by atoms with Gasteiger partial charge in [0.1, 0.15) is 17.3 Å². The van der Waals surface area contributed by atoms with E-state index in [2.05, 4.69) is 0 Å². The molecule has 3 aromatic rings. The molecule has 0 aromatic heterocycles. The van der Waals surface area contributed by atoms with Gasteiger partial charge in [0, 0.05) is 11.1 Å². The molecule has 0 saturated carbocycles. The monoisotopic (exact) mass is 408 g/mol. The van der Waals surface area contributed by atoms with E-state index < -0.39 is 5.97 Å². The molecule has 0 aliphatic carbocycles. The number of benzene rings is 3. The summed E-state index contributed by atoms with van der Waals surface area (Å²) in [7, 11) is 0. The topological polar surface area (TPSA) is 52.6 Å². The van der Waals surface area contributed by atoms with Crippen LogP contribution in [0.2, 0.25) is 5.02 Å². The van der Waals surface area contributed by atoms with Crippen molar-refractivity contribution in [1.82, 2.24) is 0 Å². The number of ketones is 1. The Kier molecular flexibility index (Phi) is 4.91. The molecule has 1 aliphatic heterocycles. The highest BCUT2D eigenvalue weighted by Gasteiger charge is 2.30. The minimum atomic E-state index is -0.571. The molecule has 0 radical (unpaired) electrons. The van der Waals surface area contributed by atoms with E-state index in [1.807, 2.05) is 0 Å². The van der Waals surface area contributed by atoms with Gasteiger partial charge in [-0.05, 0) is 60.5 Å². The number of ether oxygens (including phenoxy) is 2. The van der Waals surface area contributed by atoms with Gasteiger partial charge in [0.2, 0.25) is 5.78 Å². The van der Waals surface area contributed by atoms with Crippen LogP contribution in [0.4, 0.5) is 4.39 Å². The van der Waals surface area contributed by atoms with Gasteiger partial charge in [0.15, 0.2) is 5.76 Å². The molecule has 29 heavy (non-hydrogen) atoms. The van der Waals surface area contributed by atoms with Crippen molar-refractivity contribution in [2.24, 2.45) is 0 Å². The number of halogens is 2. The Balaban J connectivity index is 1.60. The molecule has 0 bridgehead atoms. The molecular weight excluding hydrogens is 395 g/mol. The zero-order chi connectivity index (χ0) is 20.5. The second kappa shape index (κ2) is 7.53. The van der Waals surface area contributed by atoms with E-state index in [-0.39, 0.29) is 23.1 Å². The number of fused-ring (bicyclic) bond motifs is 1. The summed E-state index contributed by atoms with van der Waals surface area (Å²) < 4.78 is 24.2. The zero-order valence-corrected chi connectivity index (χ0v) is 16.0. The van der Waals surface area contributed by atoms with Gasteiger partial charge >= 0.3 is 5.97 Å². The minimum Gasteiger partial charge on any atom is -0.452 e. The number of Topliss-reactive ketones (excluding diaryl/α,β-unsaturated/α-hetero) is 1. The van der Waals surface area contributed by atoms with Crippen molar-refractivity contribution in [3.63, 3.8) is 0 Å². The van der Waals surface area contributed by atoms with Crippen LogP contribution in [-0.2, 0) is 0 Å². The second-order valence-corrected chi connectivity index (χ2v) is 6.94. The van der Waals surface area contributed by atoms with E-state index in [0.29, 0.717) is 33.0 Å². The van der Waals surface area contributed by atoms with Gasteiger partial charge in [-0.25, -0.2) is 9.18 Å². The van der Waals surface area contributed by atoms with E-state index >= 15 is 0 Å². The van der Waals surface area contributed by atoms with Crippen molar-refractivity contribution in [2.45, 2.75) is 6.92 Å². The molecule has 144 valence electrons. The van der Waals surface area contributed by atoms with E-state index in [1.165, 1.54) is 24.3 Å². The van der Waals surface area contributed by atoms with Crippen molar-refractivity contribution >= 4 is 29.4 Å². The summed E-state index contributed by atoms with van der Waals surface area (Å²) in [5.41, 5.74) is 1.96. The third-order valence-electron chi connectivity index (χ3n) is 4.38. The third-order valence-corrected chi connectivity index (χ3v) is 4.62. The van der Waals surface area contributed by atoms with Gasteiger partial charge in [0.05, 0.1) is 11.1 Å². The number of rotatable bonds is 3. The summed E-state index contributed by atoms with van der Waals surface area (Å²) in [6.45, 7) is 1.73. The fraction of sp³-hybridized carbons (Fsp3) is 0.0435. The molecule has 4 rings (SSSR count). The lowest BCUT2D eigenvalue weighted by Gasteiger charge is -2.08. The first kappa shape index (κ1) is 18.9. The summed E-state index contributed by atoms with van der Waals surface area (Å²) in [6, 6.07) is 15.2. The Hall–Kier alpha value is -3.44. The molecule has 0 N–H and O–H groups in total. The molecule has 3 aromatic carbocycles. The molecule has 6 heteroatoms. The van der Waals surface area contributed by atoms with Crippen molar-refractivity contribution < 1.29 is 23.5 Å². The van der Waals surface area contributed by atoms with Crippen molar-refractivity contribution in [3.8, 4) is 11.5 Å². The van der Waals surface area contributed by atoms with E-state index in [0.717, 1.165) is 0 Å². The summed E-state index contributed by atoms with van der Waals surface area (Å²) in [5.74, 6) is -0.545. The normalized spacial score (nSPS) is 13.9. The molecule has 0 saturated heterocycles. The predicted molar refractivity (Wildman–Crippen MR) is 107 cm³/mol. The van der Waals surface area contributed by atoms with Crippen LogP contribution in [-0.4, -0.2) is 11.8 Å². The van der Waals surface area contributed by atoms with Crippen molar-refractivity contribution in [1.29, 1.82) is 0 Å². The number of carbonyl (C=O) groups excluding carboxylic acids is 2. The van der Waals surface area contributed by atoms with Gasteiger partial charge in [-0.2, -0.15) is 0 Å². The molecular formula is C23H14ClFO4. The van der Waals surface area contributed by atoms with Crippen LogP contribution in [0.15, 0.2) is 66.4 Å². The maximum atomic E-state index is 13.1. The summed E-state index contributed by atoms with van der Waals surface area (Å²) >= 11 is 5.91. The highest BCUT2D eigenvalue weighted by molar-refractivity contribution is 6.30. The van der Waals surface area contributed by atoms with E-state index in [1.54, 1.807) is 49.4 Å². The lowest BCUT2D eigenvalue weighted by Crippen LogP contribution is -2.08. The Morgan fingerprint density at radius 2 is 1.86 bits per heavy atom. The molecule has 0 unspecified atom stereocenters. The third kappa shape index (κ3) is 3.91. The second-order valence-electron chi connectivity index (χ2n) is 6.50. The van der Waals surface area contributed by atoms with Gasteiger partial charge in [0.25, 0.3) is 0 Å². The van der Waals surface area contributed by atoms with Gasteiger partial charge in [-0.15, -0.1) is 0 Å². The van der Waals surface area contributed by atoms with Gasteiger partial charge < -0.3 is 9.47 Å². The quantitative estimate of drug-likeness (QED) is 0.320. The SMILES string of the molecule is Cc1cc(OC(=O)c2cccc(Cl)c2)cc2c1C(=O)/C(=C/c1ccc(F)cc1)O2. The number of aryl methyl sites for hydroxylation is 1. The highest BCUT2D eigenvalue weighted by Crippen LogP contribution is 2.37. The first-order valence-corrected chi connectivity index (χ1v) is 9.11. The molecule has 0 spiro atoms. The van der Waals surface area contributed by atoms with Crippen LogP contribution >= 0.6 is 11.6 Å². The minimum absolute atomic E-state index is 0.119. The summed E-state index contributed by atoms with van der Waals surface area (Å²) in [4.78, 5) is 25.0. The lowest BCUT2D eigenvalue weighted by atomic mass is 10.0. The maximum absolute atomic E-state index is 13.1. The Morgan fingerprint density at radius 3 is 2.59 bits per heavy atom. The number of carbonyl (C=O) groups is 2. The number of hydrogen-bond acceptors (Lipinski definition) is 4. The first-order chi connectivity index (χ1) is 13.9. The molecule has 0 atom stereocenters. The Morgan fingerprint density at radius 1 is 1.10 bits per heavy atom. The standard InChI is InChI=1S/C23H14ClFO4/c1-13-9-18(28-23(27)15-3-2-4-16(24)11-15)12-19-21(13)22(26)20(29-19)10-14-5-7-17(25)8-6-14/h2-12H,1H3/b20-10-. The first-order valence-electron chi connectivity index (χ1n) is 8.73. The van der Waals surface area contributed by atoms with Gasteiger partial charge in [-0.3, -0.25) is 4.79 Å². The zero-order valence-electron chi connectivity index (χ0n) is 15.2. The Bertz CT molecular complexity index is 1170. The van der Waals surface area contributed by atoms with Crippen LogP contribution < -0.4 is 9.47 Å². The molecule has 1 aliphatic rings. The largest absolute Gasteiger partial charge is 0.452 e. The van der Waals surface area contributed by atoms with Crippen molar-refractivity contribution in [2.75, 3.05) is 0 Å². The predicted octanol–water partition coefficient (Wildman–Crippen LogP) is 5.62. The number of hydrogen-bond donors (Lipinski definition) is 0. The Labute approximate surface area is 171 Å². The molecule has 4 nitrogen and oxygen atoms in total. The fourth-order valence-corrected chi connectivity index (χ4v) is 3.22. The molecule has 0 amide bonds. The van der Waals surface area contributed by atoms with E-state index in [4.69, 9.17) is 21.1 Å². The van der Waals surface area contributed by atoms with Crippen LogP contribution in [0.1, 0.15) is 31.8 Å². The average molecular weight is 409 g/mol. The summed E-state index contributed by atoms with van der Waals surface area (Å²) in [6.07, 6.45) is 1.54. The van der Waals surface area contributed by atoms with E-state index in [9.17, 15) is 14.0 Å². The smallest absolute Gasteiger partial charge is 0.343 e. The van der Waals surface area contributed by atoms with Crippen LogP contribution in [0.5, 0.6) is 11.5 Å². The fourth-order valence-electron chi connectivity index (χ4n) is 3.03.